The quantitative estimate of drug-likeness (QED) is 0.676. The van der Waals surface area contributed by atoms with Crippen LogP contribution in [0.15, 0.2) is 47.4 Å². The van der Waals surface area contributed by atoms with E-state index in [2.05, 4.69) is 14.9 Å². The largest absolute Gasteiger partial charge is 0.476 e. The average molecular weight is 335 g/mol. The zero-order valence-corrected chi connectivity index (χ0v) is 12.3. The fraction of sp³-hybridized carbons (Fsp3) is 0. The number of nitrogens with zero attached hydrogens (tertiary/aromatic N) is 1. The molecular formula is C14H10FN3O4S. The van der Waals surface area contributed by atoms with Crippen LogP contribution in [0.25, 0.3) is 10.9 Å². The van der Waals surface area contributed by atoms with Gasteiger partial charge in [-0.3, -0.25) is 9.82 Å². The van der Waals surface area contributed by atoms with E-state index in [4.69, 9.17) is 5.11 Å². The molecule has 23 heavy (non-hydrogen) atoms. The molecule has 7 nitrogen and oxygen atoms in total. The van der Waals surface area contributed by atoms with E-state index >= 15 is 0 Å². The van der Waals surface area contributed by atoms with Crippen LogP contribution < -0.4 is 4.72 Å². The first-order chi connectivity index (χ1) is 10.9. The number of hydrogen-bond donors (Lipinski definition) is 3. The lowest BCUT2D eigenvalue weighted by atomic mass is 10.2. The van der Waals surface area contributed by atoms with E-state index in [1.165, 1.54) is 30.3 Å². The van der Waals surface area contributed by atoms with E-state index in [1.54, 1.807) is 0 Å². The van der Waals surface area contributed by atoms with Gasteiger partial charge in [-0.05, 0) is 36.4 Å². The maximum absolute atomic E-state index is 13.2. The van der Waals surface area contributed by atoms with Gasteiger partial charge in [0.15, 0.2) is 5.69 Å². The number of nitrogens with one attached hydrogen (secondary N) is 2. The van der Waals surface area contributed by atoms with Crippen molar-refractivity contribution in [2.75, 3.05) is 4.72 Å². The number of hydrogen-bond acceptors (Lipinski definition) is 4. The smallest absolute Gasteiger partial charge is 0.357 e. The number of aromatic carboxylic acids is 1. The van der Waals surface area contributed by atoms with E-state index in [9.17, 15) is 17.6 Å². The standard InChI is InChI=1S/C14H10FN3O4S/c15-8-2-1-3-10(6-8)23(21,22)18-9-4-5-12-11(7-9)13(14(19)20)17-16-12/h1-7,18H,(H,16,17)(H,19,20). The highest BCUT2D eigenvalue weighted by Gasteiger charge is 2.17. The number of halogens is 1. The van der Waals surface area contributed by atoms with Gasteiger partial charge in [0, 0.05) is 11.1 Å². The van der Waals surface area contributed by atoms with E-state index in [1.807, 2.05) is 0 Å². The number of benzene rings is 2. The molecule has 0 atom stereocenters. The second kappa shape index (κ2) is 5.36. The molecule has 0 unspecified atom stereocenters. The Morgan fingerprint density at radius 2 is 2.00 bits per heavy atom. The highest BCUT2D eigenvalue weighted by Crippen LogP contribution is 2.23. The first-order valence-electron chi connectivity index (χ1n) is 6.36. The molecule has 0 fully saturated rings. The number of aromatic amines is 1. The Labute approximate surface area is 129 Å². The van der Waals surface area contributed by atoms with E-state index in [0.717, 1.165) is 12.1 Å². The third-order valence-corrected chi connectivity index (χ3v) is 4.50. The van der Waals surface area contributed by atoms with Gasteiger partial charge >= 0.3 is 5.97 Å². The minimum absolute atomic E-state index is 0.144. The lowest BCUT2D eigenvalue weighted by Gasteiger charge is -2.08. The lowest BCUT2D eigenvalue weighted by Crippen LogP contribution is -2.13. The fourth-order valence-electron chi connectivity index (χ4n) is 2.09. The molecule has 3 N–H and O–H groups in total. The molecule has 1 aromatic heterocycles. The van der Waals surface area contributed by atoms with Crippen molar-refractivity contribution in [2.45, 2.75) is 4.90 Å². The highest BCUT2D eigenvalue weighted by molar-refractivity contribution is 7.92. The molecule has 0 bridgehead atoms. The molecule has 0 spiro atoms. The number of carboxylic acid groups (broad SMARTS) is 1. The van der Waals surface area contributed by atoms with Crippen LogP contribution in [0.4, 0.5) is 10.1 Å². The van der Waals surface area contributed by atoms with Gasteiger partial charge in [0.25, 0.3) is 10.0 Å². The molecule has 3 rings (SSSR count). The molecule has 0 radical (unpaired) electrons. The Bertz CT molecular complexity index is 1010. The van der Waals surface area contributed by atoms with Gasteiger partial charge in [-0.15, -0.1) is 0 Å². The Hall–Kier alpha value is -2.94. The monoisotopic (exact) mass is 335 g/mol. The number of rotatable bonds is 4. The van der Waals surface area contributed by atoms with Crippen LogP contribution in [0.2, 0.25) is 0 Å². The molecule has 0 aliphatic rings. The molecule has 2 aromatic carbocycles. The SMILES string of the molecule is O=C(O)c1n[nH]c2ccc(NS(=O)(=O)c3cccc(F)c3)cc12. The van der Waals surface area contributed by atoms with Gasteiger partial charge in [-0.25, -0.2) is 17.6 Å². The third kappa shape index (κ3) is 2.86. The fourth-order valence-corrected chi connectivity index (χ4v) is 3.17. The summed E-state index contributed by atoms with van der Waals surface area (Å²) in [5, 5.41) is 15.5. The molecule has 0 aliphatic carbocycles. The zero-order chi connectivity index (χ0) is 16.6. The minimum Gasteiger partial charge on any atom is -0.476 e. The Morgan fingerprint density at radius 1 is 1.22 bits per heavy atom. The molecule has 0 amide bonds. The van der Waals surface area contributed by atoms with Crippen molar-refractivity contribution in [1.82, 2.24) is 10.2 Å². The second-order valence-electron chi connectivity index (χ2n) is 4.70. The Morgan fingerprint density at radius 3 is 2.70 bits per heavy atom. The second-order valence-corrected chi connectivity index (χ2v) is 6.38. The minimum atomic E-state index is -3.99. The summed E-state index contributed by atoms with van der Waals surface area (Å²) in [7, 11) is -3.99. The number of anilines is 1. The first kappa shape index (κ1) is 15.0. The lowest BCUT2D eigenvalue weighted by molar-refractivity contribution is 0.0692. The molecule has 0 saturated carbocycles. The van der Waals surface area contributed by atoms with Crippen molar-refractivity contribution in [3.8, 4) is 0 Å². The number of aromatic nitrogens is 2. The maximum atomic E-state index is 13.2. The summed E-state index contributed by atoms with van der Waals surface area (Å²) in [4.78, 5) is 10.8. The summed E-state index contributed by atoms with van der Waals surface area (Å²) in [6.07, 6.45) is 0. The molecule has 3 aromatic rings. The van der Waals surface area contributed by atoms with Crippen LogP contribution in [0.1, 0.15) is 10.5 Å². The molecule has 9 heteroatoms. The maximum Gasteiger partial charge on any atom is 0.357 e. The van der Waals surface area contributed by atoms with E-state index in [0.29, 0.717) is 5.52 Å². The van der Waals surface area contributed by atoms with Gasteiger partial charge in [0.05, 0.1) is 10.4 Å². The number of sulfonamides is 1. The predicted octanol–water partition coefficient (Wildman–Crippen LogP) is 2.20. The summed E-state index contributed by atoms with van der Waals surface area (Å²) in [6, 6.07) is 8.85. The predicted molar refractivity (Wildman–Crippen MR) is 80.3 cm³/mol. The third-order valence-electron chi connectivity index (χ3n) is 3.12. The van der Waals surface area contributed by atoms with Crippen molar-refractivity contribution >= 4 is 32.6 Å². The van der Waals surface area contributed by atoms with Gasteiger partial charge in [0.1, 0.15) is 5.82 Å². The van der Waals surface area contributed by atoms with E-state index in [-0.39, 0.29) is 21.7 Å². The van der Waals surface area contributed by atoms with E-state index < -0.39 is 21.8 Å². The van der Waals surface area contributed by atoms with Crippen LogP contribution in [0, 0.1) is 5.82 Å². The topological polar surface area (TPSA) is 112 Å². The molecule has 0 saturated heterocycles. The van der Waals surface area contributed by atoms with Crippen molar-refractivity contribution in [1.29, 1.82) is 0 Å². The van der Waals surface area contributed by atoms with Gasteiger partial charge < -0.3 is 5.11 Å². The van der Waals surface area contributed by atoms with Crippen LogP contribution >= 0.6 is 0 Å². The van der Waals surface area contributed by atoms with Gasteiger partial charge in [-0.1, -0.05) is 6.07 Å². The van der Waals surface area contributed by atoms with Crippen molar-refractivity contribution in [3.05, 3.63) is 54.0 Å². The van der Waals surface area contributed by atoms with Crippen LogP contribution in [0.5, 0.6) is 0 Å². The summed E-state index contributed by atoms with van der Waals surface area (Å²) in [5.74, 6) is -1.91. The Kier molecular flexibility index (Phi) is 3.49. The van der Waals surface area contributed by atoms with Crippen molar-refractivity contribution in [2.24, 2.45) is 0 Å². The summed E-state index contributed by atoms with van der Waals surface area (Å²) < 4.78 is 39.9. The molecule has 0 aliphatic heterocycles. The summed E-state index contributed by atoms with van der Waals surface area (Å²) in [5.41, 5.74) is 0.383. The van der Waals surface area contributed by atoms with Crippen LogP contribution in [-0.2, 0) is 10.0 Å². The number of carbonyl (C=O) groups is 1. The summed E-state index contributed by atoms with van der Waals surface area (Å²) in [6.45, 7) is 0. The number of H-pyrrole nitrogens is 1. The zero-order valence-electron chi connectivity index (χ0n) is 11.4. The van der Waals surface area contributed by atoms with Crippen molar-refractivity contribution in [3.63, 3.8) is 0 Å². The number of fused-ring (bicyclic) bond motifs is 1. The number of carboxylic acids is 1. The normalized spacial score (nSPS) is 11.5. The highest BCUT2D eigenvalue weighted by atomic mass is 32.2. The molecule has 1 heterocycles. The first-order valence-corrected chi connectivity index (χ1v) is 7.85. The van der Waals surface area contributed by atoms with Crippen molar-refractivity contribution < 1.29 is 22.7 Å². The Balaban J connectivity index is 2.01. The summed E-state index contributed by atoms with van der Waals surface area (Å²) >= 11 is 0. The van der Waals surface area contributed by atoms with Crippen LogP contribution in [-0.4, -0.2) is 29.7 Å². The molecular weight excluding hydrogens is 325 g/mol. The van der Waals surface area contributed by atoms with Gasteiger partial charge in [-0.2, -0.15) is 5.10 Å². The van der Waals surface area contributed by atoms with Gasteiger partial charge in [0.2, 0.25) is 0 Å². The average Bonchev–Trinajstić information content (AvgIpc) is 2.90. The van der Waals surface area contributed by atoms with Crippen LogP contribution in [0.3, 0.4) is 0 Å². The molecule has 118 valence electrons.